The zero-order valence-corrected chi connectivity index (χ0v) is 11.1. The fourth-order valence-corrected chi connectivity index (χ4v) is 1.62. The van der Waals surface area contributed by atoms with Crippen molar-refractivity contribution in [2.24, 2.45) is 0 Å². The predicted molar refractivity (Wildman–Crippen MR) is 71.4 cm³/mol. The van der Waals surface area contributed by atoms with Gasteiger partial charge in [-0.15, -0.1) is 21.8 Å². The van der Waals surface area contributed by atoms with Gasteiger partial charge in [0.1, 0.15) is 5.75 Å². The molecule has 0 aliphatic carbocycles. The molecule has 0 saturated carbocycles. The van der Waals surface area contributed by atoms with Crippen molar-refractivity contribution in [3.05, 3.63) is 24.1 Å². The number of nitrogens with zero attached hydrogens (tertiary/aromatic N) is 2. The number of aliphatic hydroxyl groups is 1. The van der Waals surface area contributed by atoms with Gasteiger partial charge in [-0.05, 0) is 18.2 Å². The normalized spacial score (nSPS) is 12.4. The van der Waals surface area contributed by atoms with Gasteiger partial charge in [0.25, 0.3) is 5.89 Å². The van der Waals surface area contributed by atoms with Gasteiger partial charge < -0.3 is 19.9 Å². The van der Waals surface area contributed by atoms with Gasteiger partial charge in [0, 0.05) is 19.2 Å². The first-order chi connectivity index (χ1) is 9.10. The van der Waals surface area contributed by atoms with Crippen molar-refractivity contribution in [3.8, 4) is 17.2 Å². The highest BCUT2D eigenvalue weighted by Crippen LogP contribution is 2.30. The Balaban J connectivity index is 2.20. The molecule has 0 amide bonds. The highest BCUT2D eigenvalue weighted by Gasteiger charge is 2.12. The first kappa shape index (κ1) is 13.6. The number of aryl methyl sites for hydroxylation is 1. The standard InChI is InChI=1S/C12H14ClN3O3/c1-7-15-16-12(19-7)10-4-8(2-3-11(10)18)14-6-9(17)5-13/h2-4,9,14,17-18H,5-6H2,1H3. The molecule has 1 unspecified atom stereocenters. The maximum atomic E-state index is 9.80. The van der Waals surface area contributed by atoms with Crippen LogP contribution in [0.3, 0.4) is 0 Å². The van der Waals surface area contributed by atoms with Gasteiger partial charge in [0.2, 0.25) is 5.89 Å². The fourth-order valence-electron chi connectivity index (χ4n) is 1.51. The van der Waals surface area contributed by atoms with Crippen molar-refractivity contribution < 1.29 is 14.6 Å². The summed E-state index contributed by atoms with van der Waals surface area (Å²) in [6.45, 7) is 1.99. The quantitative estimate of drug-likeness (QED) is 0.572. The summed E-state index contributed by atoms with van der Waals surface area (Å²) >= 11 is 5.51. The number of phenolic OH excluding ortho intramolecular Hbond substituents is 1. The SMILES string of the molecule is Cc1nnc(-c2cc(NCC(O)CCl)ccc2O)o1. The number of benzene rings is 1. The zero-order chi connectivity index (χ0) is 13.8. The van der Waals surface area contributed by atoms with Gasteiger partial charge in [0.05, 0.1) is 17.5 Å². The molecule has 102 valence electrons. The maximum absolute atomic E-state index is 9.80. The molecule has 1 heterocycles. The molecule has 2 rings (SSSR count). The lowest BCUT2D eigenvalue weighted by atomic mass is 10.1. The second-order valence-electron chi connectivity index (χ2n) is 4.05. The molecule has 2 aromatic rings. The summed E-state index contributed by atoms with van der Waals surface area (Å²) in [5.74, 6) is 0.870. The van der Waals surface area contributed by atoms with Crippen molar-refractivity contribution in [2.45, 2.75) is 13.0 Å². The number of hydrogen-bond donors (Lipinski definition) is 3. The summed E-state index contributed by atoms with van der Waals surface area (Å²) in [4.78, 5) is 0. The number of aromatic nitrogens is 2. The summed E-state index contributed by atoms with van der Waals surface area (Å²) < 4.78 is 5.27. The number of anilines is 1. The van der Waals surface area contributed by atoms with E-state index in [2.05, 4.69) is 15.5 Å². The van der Waals surface area contributed by atoms with Gasteiger partial charge in [-0.3, -0.25) is 0 Å². The van der Waals surface area contributed by atoms with Crippen LogP contribution in [0.2, 0.25) is 0 Å². The van der Waals surface area contributed by atoms with Crippen molar-refractivity contribution in [2.75, 3.05) is 17.7 Å². The second-order valence-corrected chi connectivity index (χ2v) is 4.36. The first-order valence-corrected chi connectivity index (χ1v) is 6.25. The van der Waals surface area contributed by atoms with Crippen LogP contribution in [0.25, 0.3) is 11.5 Å². The van der Waals surface area contributed by atoms with Gasteiger partial charge in [-0.1, -0.05) is 0 Å². The molecule has 19 heavy (non-hydrogen) atoms. The van der Waals surface area contributed by atoms with Crippen molar-refractivity contribution in [1.82, 2.24) is 10.2 Å². The van der Waals surface area contributed by atoms with Crippen molar-refractivity contribution >= 4 is 17.3 Å². The lowest BCUT2D eigenvalue weighted by molar-refractivity contribution is 0.211. The molecule has 7 heteroatoms. The van der Waals surface area contributed by atoms with Crippen LogP contribution >= 0.6 is 11.6 Å². The highest BCUT2D eigenvalue weighted by atomic mass is 35.5. The number of halogens is 1. The average Bonchev–Trinajstić information content (AvgIpc) is 2.83. The van der Waals surface area contributed by atoms with E-state index in [1.165, 1.54) is 6.07 Å². The molecule has 3 N–H and O–H groups in total. The molecular formula is C12H14ClN3O3. The van der Waals surface area contributed by atoms with E-state index in [4.69, 9.17) is 16.0 Å². The van der Waals surface area contributed by atoms with Crippen LogP contribution in [0.5, 0.6) is 5.75 Å². The summed E-state index contributed by atoms with van der Waals surface area (Å²) in [5, 5.41) is 29.7. The van der Waals surface area contributed by atoms with E-state index in [-0.39, 0.29) is 17.5 Å². The zero-order valence-electron chi connectivity index (χ0n) is 10.3. The molecule has 1 aromatic carbocycles. The Kier molecular flexibility index (Phi) is 4.24. The molecule has 0 radical (unpaired) electrons. The lowest BCUT2D eigenvalue weighted by Crippen LogP contribution is -2.20. The Labute approximate surface area is 115 Å². The molecule has 1 atom stereocenters. The summed E-state index contributed by atoms with van der Waals surface area (Å²) in [6, 6.07) is 4.87. The highest BCUT2D eigenvalue weighted by molar-refractivity contribution is 6.18. The van der Waals surface area contributed by atoms with Crippen LogP contribution in [0.1, 0.15) is 5.89 Å². The predicted octanol–water partition coefficient (Wildman–Crippen LogP) is 1.76. The Morgan fingerprint density at radius 2 is 2.21 bits per heavy atom. The van der Waals surface area contributed by atoms with E-state index >= 15 is 0 Å². The minimum atomic E-state index is -0.635. The summed E-state index contributed by atoms with van der Waals surface area (Å²) in [7, 11) is 0. The molecular weight excluding hydrogens is 270 g/mol. The summed E-state index contributed by atoms with van der Waals surface area (Å²) in [5.41, 5.74) is 1.15. The largest absolute Gasteiger partial charge is 0.507 e. The molecule has 0 bridgehead atoms. The number of phenols is 1. The van der Waals surface area contributed by atoms with Crippen LogP contribution in [0, 0.1) is 6.92 Å². The van der Waals surface area contributed by atoms with E-state index in [1.54, 1.807) is 19.1 Å². The van der Waals surface area contributed by atoms with Crippen LogP contribution < -0.4 is 5.32 Å². The van der Waals surface area contributed by atoms with Gasteiger partial charge in [-0.2, -0.15) is 0 Å². The Morgan fingerprint density at radius 1 is 1.42 bits per heavy atom. The lowest BCUT2D eigenvalue weighted by Gasteiger charge is -2.11. The molecule has 0 aliphatic heterocycles. The Hall–Kier alpha value is -1.79. The minimum absolute atomic E-state index is 0.0482. The van der Waals surface area contributed by atoms with E-state index in [0.29, 0.717) is 23.7 Å². The van der Waals surface area contributed by atoms with Crippen molar-refractivity contribution in [3.63, 3.8) is 0 Å². The Morgan fingerprint density at radius 3 is 2.84 bits per heavy atom. The van der Waals surface area contributed by atoms with E-state index < -0.39 is 6.10 Å². The number of alkyl halides is 1. The van der Waals surface area contributed by atoms with E-state index in [9.17, 15) is 10.2 Å². The van der Waals surface area contributed by atoms with Gasteiger partial charge in [-0.25, -0.2) is 0 Å². The van der Waals surface area contributed by atoms with Crippen LogP contribution in [-0.2, 0) is 0 Å². The molecule has 0 saturated heterocycles. The smallest absolute Gasteiger partial charge is 0.251 e. The van der Waals surface area contributed by atoms with Crippen molar-refractivity contribution in [1.29, 1.82) is 0 Å². The van der Waals surface area contributed by atoms with Crippen LogP contribution in [0.15, 0.2) is 22.6 Å². The summed E-state index contributed by atoms with van der Waals surface area (Å²) in [6.07, 6.45) is -0.635. The number of nitrogens with one attached hydrogen (secondary N) is 1. The number of hydrogen-bond acceptors (Lipinski definition) is 6. The molecule has 0 spiro atoms. The van der Waals surface area contributed by atoms with Crippen LogP contribution in [0.4, 0.5) is 5.69 Å². The average molecular weight is 284 g/mol. The number of rotatable bonds is 5. The molecule has 1 aromatic heterocycles. The third-order valence-electron chi connectivity index (χ3n) is 2.47. The Bertz CT molecular complexity index is 559. The first-order valence-electron chi connectivity index (χ1n) is 5.71. The molecule has 0 fully saturated rings. The fraction of sp³-hybridized carbons (Fsp3) is 0.333. The molecule has 0 aliphatic rings. The van der Waals surface area contributed by atoms with Crippen LogP contribution in [-0.4, -0.2) is 38.9 Å². The van der Waals surface area contributed by atoms with Gasteiger partial charge in [0.15, 0.2) is 0 Å². The topological polar surface area (TPSA) is 91.4 Å². The molecule has 6 nitrogen and oxygen atoms in total. The number of aliphatic hydroxyl groups excluding tert-OH is 1. The van der Waals surface area contributed by atoms with E-state index in [0.717, 1.165) is 0 Å². The second kappa shape index (κ2) is 5.90. The number of aromatic hydroxyl groups is 1. The third-order valence-corrected chi connectivity index (χ3v) is 2.83. The van der Waals surface area contributed by atoms with E-state index in [1.807, 2.05) is 0 Å². The third kappa shape index (κ3) is 3.36. The maximum Gasteiger partial charge on any atom is 0.251 e. The minimum Gasteiger partial charge on any atom is -0.507 e. The van der Waals surface area contributed by atoms with Gasteiger partial charge >= 0.3 is 0 Å². The monoisotopic (exact) mass is 283 g/mol.